The van der Waals surface area contributed by atoms with Crippen molar-refractivity contribution >= 4 is 17.0 Å². The van der Waals surface area contributed by atoms with Crippen molar-refractivity contribution in [1.82, 2.24) is 24.7 Å². The summed E-state index contributed by atoms with van der Waals surface area (Å²) >= 11 is 0. The summed E-state index contributed by atoms with van der Waals surface area (Å²) in [5.74, 6) is 0.572. The Morgan fingerprint density at radius 2 is 2.00 bits per heavy atom. The van der Waals surface area contributed by atoms with E-state index in [1.807, 2.05) is 0 Å². The number of fused-ring (bicyclic) bond motifs is 1. The van der Waals surface area contributed by atoms with E-state index in [4.69, 9.17) is 4.74 Å². The highest BCUT2D eigenvalue weighted by atomic mass is 19.4. The van der Waals surface area contributed by atoms with E-state index in [0.29, 0.717) is 36.4 Å². The van der Waals surface area contributed by atoms with Gasteiger partial charge in [-0.2, -0.15) is 18.3 Å². The molecule has 1 aliphatic heterocycles. The van der Waals surface area contributed by atoms with Gasteiger partial charge in [-0.25, -0.2) is 28.4 Å². The highest BCUT2D eigenvalue weighted by Crippen LogP contribution is 2.49. The number of anilines is 1. The van der Waals surface area contributed by atoms with Gasteiger partial charge in [0.25, 0.3) is 6.43 Å². The fourth-order valence-electron chi connectivity index (χ4n) is 4.80. The van der Waals surface area contributed by atoms with Crippen LogP contribution < -0.4 is 9.64 Å². The number of pyridine rings is 1. The Bertz CT molecular complexity index is 1140. The molecule has 0 bridgehead atoms. The van der Waals surface area contributed by atoms with Gasteiger partial charge in [-0.3, -0.25) is 0 Å². The predicted octanol–water partition coefficient (Wildman–Crippen LogP) is 4.33. The maximum atomic E-state index is 12.9. The lowest BCUT2D eigenvalue weighted by Crippen LogP contribution is -2.54. The minimum Gasteiger partial charge on any atom is -0.474 e. The number of ether oxygens (including phenoxy) is 1. The predicted molar refractivity (Wildman–Crippen MR) is 108 cm³/mol. The monoisotopic (exact) mass is 468 g/mol. The van der Waals surface area contributed by atoms with Gasteiger partial charge in [-0.05, 0) is 37.2 Å². The molecule has 0 atom stereocenters. The molecule has 1 saturated heterocycles. The van der Waals surface area contributed by atoms with Crippen molar-refractivity contribution in [2.24, 2.45) is 5.41 Å². The van der Waals surface area contributed by atoms with Crippen molar-refractivity contribution in [3.05, 3.63) is 36.3 Å². The van der Waals surface area contributed by atoms with E-state index in [0.717, 1.165) is 42.4 Å². The molecule has 0 aromatic carbocycles. The third-order valence-electron chi connectivity index (χ3n) is 6.30. The van der Waals surface area contributed by atoms with Crippen LogP contribution >= 0.6 is 0 Å². The summed E-state index contributed by atoms with van der Waals surface area (Å²) in [5.41, 5.74) is -0.0511. The number of hydrogen-bond acceptors (Lipinski definition) is 6. The molecule has 12 heteroatoms. The molecule has 1 spiro atoms. The molecule has 0 amide bonds. The average Bonchev–Trinajstić information content (AvgIpc) is 3.14. The normalized spacial score (nSPS) is 23.3. The van der Waals surface area contributed by atoms with Gasteiger partial charge in [0.1, 0.15) is 24.0 Å². The van der Waals surface area contributed by atoms with E-state index >= 15 is 0 Å². The Balaban J connectivity index is 1.26. The van der Waals surface area contributed by atoms with E-state index < -0.39 is 24.7 Å². The second-order valence-corrected chi connectivity index (χ2v) is 8.71. The highest BCUT2D eigenvalue weighted by Gasteiger charge is 2.48. The summed E-state index contributed by atoms with van der Waals surface area (Å²) in [7, 11) is 0. The highest BCUT2D eigenvalue weighted by molar-refractivity contribution is 5.71. The van der Waals surface area contributed by atoms with Crippen molar-refractivity contribution in [3.8, 4) is 5.88 Å². The van der Waals surface area contributed by atoms with Gasteiger partial charge < -0.3 is 9.64 Å². The second kappa shape index (κ2) is 8.07. The maximum absolute atomic E-state index is 12.9. The van der Waals surface area contributed by atoms with E-state index in [1.165, 1.54) is 6.20 Å². The molecule has 3 aromatic rings. The SMILES string of the molecule is FC(F)Cn1ncc2ncc(N3CCCC4(CC(Oc5cc(C(F)(F)F)ccn5)C4)C3)nc21. The van der Waals surface area contributed by atoms with Gasteiger partial charge in [-0.1, -0.05) is 0 Å². The summed E-state index contributed by atoms with van der Waals surface area (Å²) in [6.07, 6.45) is 0.207. The third kappa shape index (κ3) is 4.42. The Morgan fingerprint density at radius 1 is 1.18 bits per heavy atom. The van der Waals surface area contributed by atoms with Crippen molar-refractivity contribution < 1.29 is 26.7 Å². The summed E-state index contributed by atoms with van der Waals surface area (Å²) < 4.78 is 71.2. The summed E-state index contributed by atoms with van der Waals surface area (Å²) in [6, 6.07) is 1.84. The van der Waals surface area contributed by atoms with E-state index in [9.17, 15) is 22.0 Å². The first-order valence-corrected chi connectivity index (χ1v) is 10.6. The molecule has 7 nitrogen and oxygen atoms in total. The first kappa shape index (κ1) is 21.8. The fraction of sp³-hybridized carbons (Fsp3) is 0.524. The Hall–Kier alpha value is -3.05. The number of hydrogen-bond donors (Lipinski definition) is 0. The number of aromatic nitrogens is 5. The van der Waals surface area contributed by atoms with E-state index in [2.05, 4.69) is 25.0 Å². The van der Waals surface area contributed by atoms with Crippen LogP contribution in [-0.2, 0) is 12.7 Å². The number of nitrogens with zero attached hydrogens (tertiary/aromatic N) is 6. The quantitative estimate of drug-likeness (QED) is 0.519. The molecule has 33 heavy (non-hydrogen) atoms. The molecule has 0 radical (unpaired) electrons. The molecular weight excluding hydrogens is 447 g/mol. The molecule has 5 rings (SSSR count). The van der Waals surface area contributed by atoms with E-state index in [1.54, 1.807) is 6.20 Å². The summed E-state index contributed by atoms with van der Waals surface area (Å²) in [6.45, 7) is 0.895. The molecule has 1 aliphatic carbocycles. The van der Waals surface area contributed by atoms with Gasteiger partial charge in [0, 0.05) is 25.4 Å². The molecule has 0 unspecified atom stereocenters. The lowest BCUT2D eigenvalue weighted by atomic mass is 9.62. The van der Waals surface area contributed by atoms with Crippen LogP contribution in [0.2, 0.25) is 0 Å². The van der Waals surface area contributed by atoms with Gasteiger partial charge in [-0.15, -0.1) is 0 Å². The van der Waals surface area contributed by atoms with Gasteiger partial charge in [0.2, 0.25) is 5.88 Å². The van der Waals surface area contributed by atoms with Crippen LogP contribution in [0.25, 0.3) is 11.2 Å². The Labute approximate surface area is 185 Å². The lowest BCUT2D eigenvalue weighted by Gasteiger charge is -2.52. The third-order valence-corrected chi connectivity index (χ3v) is 6.30. The fourth-order valence-corrected chi connectivity index (χ4v) is 4.80. The van der Waals surface area contributed by atoms with Gasteiger partial charge in [0.15, 0.2) is 5.65 Å². The molecule has 2 aliphatic rings. The van der Waals surface area contributed by atoms with Crippen LogP contribution in [0.1, 0.15) is 31.2 Å². The molecule has 3 aromatic heterocycles. The minimum atomic E-state index is -4.45. The smallest absolute Gasteiger partial charge is 0.416 e. The van der Waals surface area contributed by atoms with Crippen LogP contribution in [0.15, 0.2) is 30.7 Å². The average molecular weight is 468 g/mol. The van der Waals surface area contributed by atoms with Crippen molar-refractivity contribution in [1.29, 1.82) is 0 Å². The molecule has 1 saturated carbocycles. The topological polar surface area (TPSA) is 69.0 Å². The number of alkyl halides is 5. The van der Waals surface area contributed by atoms with Gasteiger partial charge >= 0.3 is 6.18 Å². The van der Waals surface area contributed by atoms with Crippen LogP contribution in [0.5, 0.6) is 5.88 Å². The second-order valence-electron chi connectivity index (χ2n) is 8.71. The first-order chi connectivity index (χ1) is 15.7. The maximum Gasteiger partial charge on any atom is 0.416 e. The van der Waals surface area contributed by atoms with Crippen molar-refractivity contribution in [2.75, 3.05) is 18.0 Å². The Morgan fingerprint density at radius 3 is 2.76 bits per heavy atom. The van der Waals surface area contributed by atoms with Crippen LogP contribution in [0, 0.1) is 5.41 Å². The zero-order valence-corrected chi connectivity index (χ0v) is 17.5. The number of rotatable bonds is 5. The minimum absolute atomic E-state index is 0.0269. The molecule has 2 fully saturated rings. The molecule has 176 valence electrons. The van der Waals surface area contributed by atoms with Crippen molar-refractivity contribution in [2.45, 2.75) is 50.9 Å². The Kier molecular flexibility index (Phi) is 5.32. The van der Waals surface area contributed by atoms with Crippen LogP contribution in [0.4, 0.5) is 27.8 Å². The van der Waals surface area contributed by atoms with Crippen LogP contribution in [-0.4, -0.2) is 50.4 Å². The van der Waals surface area contributed by atoms with Gasteiger partial charge in [0.05, 0.1) is 18.0 Å². The van der Waals surface area contributed by atoms with E-state index in [-0.39, 0.29) is 17.4 Å². The standard InChI is InChI=1S/C21H21F5N6O/c22-16(23)11-32-19-15(9-29-32)28-10-17(30-19)31-5-1-3-20(12-31)7-14(8-20)33-18-6-13(2-4-27-18)21(24,25)26/h2,4,6,9-10,14,16H,1,3,5,7-8,11-12H2. The first-order valence-electron chi connectivity index (χ1n) is 10.6. The zero-order valence-electron chi connectivity index (χ0n) is 17.5. The van der Waals surface area contributed by atoms with Crippen LogP contribution in [0.3, 0.4) is 0 Å². The summed E-state index contributed by atoms with van der Waals surface area (Å²) in [5, 5.41) is 3.95. The molecule has 0 N–H and O–H groups in total. The zero-order chi connectivity index (χ0) is 23.2. The molecular formula is C21H21F5N6O. The lowest BCUT2D eigenvalue weighted by molar-refractivity contribution is -0.137. The summed E-state index contributed by atoms with van der Waals surface area (Å²) in [4.78, 5) is 14.8. The largest absolute Gasteiger partial charge is 0.474 e. The number of piperidine rings is 1. The molecule has 4 heterocycles. The van der Waals surface area contributed by atoms with Crippen molar-refractivity contribution in [3.63, 3.8) is 0 Å². The number of halogens is 5.